The van der Waals surface area contributed by atoms with Gasteiger partial charge in [-0.1, -0.05) is 19.3 Å². The Morgan fingerprint density at radius 1 is 1.11 bits per heavy atom. The summed E-state index contributed by atoms with van der Waals surface area (Å²) in [6.07, 6.45) is 6.79. The van der Waals surface area contributed by atoms with Gasteiger partial charge in [0.25, 0.3) is 11.8 Å². The van der Waals surface area contributed by atoms with Crippen molar-refractivity contribution in [1.82, 2.24) is 10.6 Å². The Morgan fingerprint density at radius 3 is 2.57 bits per heavy atom. The fourth-order valence-electron chi connectivity index (χ4n) is 3.30. The zero-order chi connectivity index (χ0) is 19.9. The van der Waals surface area contributed by atoms with Crippen molar-refractivity contribution in [3.8, 4) is 0 Å². The van der Waals surface area contributed by atoms with E-state index in [1.807, 2.05) is 6.92 Å². The van der Waals surface area contributed by atoms with E-state index < -0.39 is 0 Å². The second-order valence-corrected chi connectivity index (χ2v) is 7.99. The van der Waals surface area contributed by atoms with Crippen molar-refractivity contribution in [2.24, 2.45) is 5.92 Å². The molecule has 1 saturated carbocycles. The predicted octanol–water partition coefficient (Wildman–Crippen LogP) is 3.33. The van der Waals surface area contributed by atoms with Crippen LogP contribution in [0.4, 0.5) is 5.00 Å². The molecule has 1 aliphatic carbocycles. The Kier molecular flexibility index (Phi) is 6.86. The van der Waals surface area contributed by atoms with E-state index in [0.717, 1.165) is 31.2 Å². The van der Waals surface area contributed by atoms with Crippen LogP contribution in [-0.2, 0) is 4.79 Å². The lowest BCUT2D eigenvalue weighted by Gasteiger charge is -2.20. The predicted molar refractivity (Wildman–Crippen MR) is 108 cm³/mol. The molecule has 3 N–H and O–H groups in total. The fourth-order valence-corrected chi connectivity index (χ4v) is 4.29. The monoisotopic (exact) mass is 403 g/mol. The van der Waals surface area contributed by atoms with Crippen molar-refractivity contribution in [3.05, 3.63) is 40.7 Å². The van der Waals surface area contributed by atoms with E-state index in [0.29, 0.717) is 23.0 Å². The van der Waals surface area contributed by atoms with E-state index in [9.17, 15) is 14.4 Å². The van der Waals surface area contributed by atoms with Crippen LogP contribution in [0.1, 0.15) is 57.9 Å². The zero-order valence-electron chi connectivity index (χ0n) is 15.9. The Morgan fingerprint density at radius 2 is 1.86 bits per heavy atom. The molecule has 2 aromatic rings. The van der Waals surface area contributed by atoms with E-state index in [1.54, 1.807) is 18.2 Å². The normalized spacial score (nSPS) is 14.5. The maximum Gasteiger partial charge on any atom is 0.291 e. The van der Waals surface area contributed by atoms with Crippen LogP contribution >= 0.6 is 11.3 Å². The first-order valence-corrected chi connectivity index (χ1v) is 10.4. The third kappa shape index (κ3) is 5.22. The molecule has 150 valence electrons. The van der Waals surface area contributed by atoms with E-state index in [4.69, 9.17) is 4.42 Å². The number of anilines is 1. The molecule has 2 aromatic heterocycles. The Hall–Kier alpha value is -2.61. The summed E-state index contributed by atoms with van der Waals surface area (Å²) >= 11 is 1.21. The third-order valence-electron chi connectivity index (χ3n) is 4.79. The minimum atomic E-state index is -0.358. The van der Waals surface area contributed by atoms with E-state index >= 15 is 0 Å². The van der Waals surface area contributed by atoms with Crippen molar-refractivity contribution < 1.29 is 18.8 Å². The minimum absolute atomic E-state index is 0.0872. The molecule has 3 rings (SSSR count). The average Bonchev–Trinajstić information content (AvgIpc) is 3.35. The van der Waals surface area contributed by atoms with Crippen molar-refractivity contribution in [2.75, 3.05) is 18.4 Å². The van der Waals surface area contributed by atoms with Gasteiger partial charge in [-0.3, -0.25) is 14.4 Å². The first-order valence-electron chi connectivity index (χ1n) is 9.56. The lowest BCUT2D eigenvalue weighted by molar-refractivity contribution is -0.125. The summed E-state index contributed by atoms with van der Waals surface area (Å²) in [5, 5.41) is 9.03. The lowest BCUT2D eigenvalue weighted by Crippen LogP contribution is -2.38. The van der Waals surface area contributed by atoms with Gasteiger partial charge in [-0.25, -0.2) is 0 Å². The summed E-state index contributed by atoms with van der Waals surface area (Å²) in [6, 6.07) is 4.97. The molecule has 0 bridgehead atoms. The number of hydrogen-bond acceptors (Lipinski definition) is 5. The van der Waals surface area contributed by atoms with Crippen molar-refractivity contribution >= 4 is 34.1 Å². The van der Waals surface area contributed by atoms with Crippen molar-refractivity contribution in [2.45, 2.75) is 39.0 Å². The number of rotatable bonds is 7. The molecule has 0 atom stereocenters. The number of hydrogen-bond donors (Lipinski definition) is 3. The second kappa shape index (κ2) is 9.54. The second-order valence-electron chi connectivity index (χ2n) is 6.94. The third-order valence-corrected chi connectivity index (χ3v) is 5.94. The number of furan rings is 1. The molecule has 1 fully saturated rings. The van der Waals surface area contributed by atoms with Crippen LogP contribution in [0.2, 0.25) is 0 Å². The molecular formula is C20H25N3O4S. The van der Waals surface area contributed by atoms with Crippen molar-refractivity contribution in [1.29, 1.82) is 0 Å². The average molecular weight is 404 g/mol. The quantitative estimate of drug-likeness (QED) is 0.617. The van der Waals surface area contributed by atoms with Gasteiger partial charge in [0.1, 0.15) is 0 Å². The zero-order valence-corrected chi connectivity index (χ0v) is 16.7. The first-order chi connectivity index (χ1) is 13.5. The van der Waals surface area contributed by atoms with E-state index in [1.165, 1.54) is 24.0 Å². The molecule has 2 heterocycles. The smallest absolute Gasteiger partial charge is 0.291 e. The highest BCUT2D eigenvalue weighted by atomic mass is 32.1. The van der Waals surface area contributed by atoms with Gasteiger partial charge in [-0.05, 0) is 43.5 Å². The van der Waals surface area contributed by atoms with Crippen LogP contribution in [0.5, 0.6) is 0 Å². The first kappa shape index (κ1) is 20.1. The maximum absolute atomic E-state index is 12.4. The molecular weight excluding hydrogens is 378 g/mol. The molecule has 0 unspecified atom stereocenters. The number of amides is 3. The van der Waals surface area contributed by atoms with Gasteiger partial charge >= 0.3 is 0 Å². The van der Waals surface area contributed by atoms with Gasteiger partial charge in [0.05, 0.1) is 16.1 Å². The molecule has 0 saturated heterocycles. The molecule has 8 heteroatoms. The van der Waals surface area contributed by atoms with Crippen LogP contribution < -0.4 is 16.0 Å². The molecule has 3 amide bonds. The van der Waals surface area contributed by atoms with Gasteiger partial charge in [-0.15, -0.1) is 11.3 Å². The van der Waals surface area contributed by atoms with Gasteiger partial charge in [0.2, 0.25) is 5.91 Å². The fraction of sp³-hybridized carbons (Fsp3) is 0.450. The summed E-state index contributed by atoms with van der Waals surface area (Å²) < 4.78 is 5.06. The van der Waals surface area contributed by atoms with E-state index in [-0.39, 0.29) is 29.4 Å². The van der Waals surface area contributed by atoms with Crippen LogP contribution in [-0.4, -0.2) is 30.8 Å². The van der Waals surface area contributed by atoms with Gasteiger partial charge in [0.15, 0.2) is 5.76 Å². The van der Waals surface area contributed by atoms with Crippen LogP contribution in [0, 0.1) is 12.8 Å². The molecule has 28 heavy (non-hydrogen) atoms. The molecule has 7 nitrogen and oxygen atoms in total. The van der Waals surface area contributed by atoms with Gasteiger partial charge < -0.3 is 20.4 Å². The Balaban J connectivity index is 1.44. The van der Waals surface area contributed by atoms with Crippen LogP contribution in [0.3, 0.4) is 0 Å². The molecule has 0 spiro atoms. The number of carbonyl (C=O) groups excluding carboxylic acids is 3. The number of nitrogens with one attached hydrogen (secondary N) is 3. The SMILES string of the molecule is Cc1cc(NC(=O)c2ccco2)sc1C(=O)NCCNC(=O)C1CCCCC1. The lowest BCUT2D eigenvalue weighted by atomic mass is 9.89. The summed E-state index contributed by atoms with van der Waals surface area (Å²) in [7, 11) is 0. The maximum atomic E-state index is 12.4. The summed E-state index contributed by atoms with van der Waals surface area (Å²) in [5.41, 5.74) is 0.781. The van der Waals surface area contributed by atoms with Crippen molar-refractivity contribution in [3.63, 3.8) is 0 Å². The summed E-state index contributed by atoms with van der Waals surface area (Å²) in [6.45, 7) is 2.59. The van der Waals surface area contributed by atoms with Crippen LogP contribution in [0.15, 0.2) is 28.9 Å². The number of thiophene rings is 1. The molecule has 0 radical (unpaired) electrons. The highest BCUT2D eigenvalue weighted by Crippen LogP contribution is 2.27. The van der Waals surface area contributed by atoms with Crippen LogP contribution in [0.25, 0.3) is 0 Å². The highest BCUT2D eigenvalue weighted by molar-refractivity contribution is 7.18. The summed E-state index contributed by atoms with van der Waals surface area (Å²) in [4.78, 5) is 37.1. The molecule has 1 aliphatic rings. The van der Waals surface area contributed by atoms with E-state index in [2.05, 4.69) is 16.0 Å². The number of aryl methyl sites for hydroxylation is 1. The molecule has 0 aromatic carbocycles. The van der Waals surface area contributed by atoms with Gasteiger partial charge in [0, 0.05) is 19.0 Å². The largest absolute Gasteiger partial charge is 0.459 e. The highest BCUT2D eigenvalue weighted by Gasteiger charge is 2.21. The topological polar surface area (TPSA) is 100 Å². The molecule has 0 aliphatic heterocycles. The standard InChI is InChI=1S/C20H25N3O4S/c1-13-12-16(23-19(25)15-8-5-11-27-15)28-17(13)20(26)22-10-9-21-18(24)14-6-3-2-4-7-14/h5,8,11-12,14H,2-4,6-7,9-10H2,1H3,(H,21,24)(H,22,26)(H,23,25). The Bertz CT molecular complexity index is 823. The van der Waals surface area contributed by atoms with Gasteiger partial charge in [-0.2, -0.15) is 0 Å². The Labute approximate surface area is 167 Å². The summed E-state index contributed by atoms with van der Waals surface area (Å²) in [5.74, 6) is -0.157. The number of carbonyl (C=O) groups is 3. The minimum Gasteiger partial charge on any atom is -0.459 e.